The number of likely N-dealkylation sites (N-methyl/N-ethyl adjacent to an activating group) is 1. The smallest absolute Gasteiger partial charge is 0.223 e. The van der Waals surface area contributed by atoms with Crippen molar-refractivity contribution < 1.29 is 4.79 Å². The number of rotatable bonds is 7. The first-order chi connectivity index (χ1) is 13.0. The molecule has 2 aromatic rings. The molecule has 1 aliphatic rings. The highest BCUT2D eigenvalue weighted by atomic mass is 16.2. The molecule has 1 atom stereocenters. The Labute approximate surface area is 162 Å². The number of nitrogens with zero attached hydrogens (tertiary/aromatic N) is 3. The van der Waals surface area contributed by atoms with Crippen molar-refractivity contribution >= 4 is 5.91 Å². The summed E-state index contributed by atoms with van der Waals surface area (Å²) in [6, 6.07) is 8.94. The summed E-state index contributed by atoms with van der Waals surface area (Å²) in [5.41, 5.74) is 5.96. The maximum atomic E-state index is 12.7. The Morgan fingerprint density at radius 3 is 2.67 bits per heavy atom. The van der Waals surface area contributed by atoms with Crippen LogP contribution in [-0.4, -0.2) is 46.8 Å². The second-order valence-electron chi connectivity index (χ2n) is 7.73. The number of hydrogen-bond donors (Lipinski definition) is 1. The van der Waals surface area contributed by atoms with Gasteiger partial charge in [0.25, 0.3) is 0 Å². The number of carbonyl (C=O) groups excluding carboxylic acids is 1. The highest BCUT2D eigenvalue weighted by molar-refractivity contribution is 5.77. The SMILES string of the molecule is CNCC1CCCN1C(=O)CCc1c(C)nn(Cc2ccc(C)cc2)c1C. The Kier molecular flexibility index (Phi) is 6.32. The third-order valence-corrected chi connectivity index (χ3v) is 5.71. The van der Waals surface area contributed by atoms with Crippen LogP contribution in [0.25, 0.3) is 0 Å². The molecule has 0 aliphatic carbocycles. The number of amides is 1. The fourth-order valence-corrected chi connectivity index (χ4v) is 4.10. The van der Waals surface area contributed by atoms with Gasteiger partial charge in [0.2, 0.25) is 5.91 Å². The monoisotopic (exact) mass is 368 g/mol. The van der Waals surface area contributed by atoms with Gasteiger partial charge in [0.1, 0.15) is 0 Å². The van der Waals surface area contributed by atoms with E-state index in [1.807, 2.05) is 7.05 Å². The maximum Gasteiger partial charge on any atom is 0.223 e. The first kappa shape index (κ1) is 19.6. The second-order valence-corrected chi connectivity index (χ2v) is 7.73. The van der Waals surface area contributed by atoms with Gasteiger partial charge < -0.3 is 10.2 Å². The highest BCUT2D eigenvalue weighted by Gasteiger charge is 2.28. The van der Waals surface area contributed by atoms with E-state index in [0.717, 1.165) is 44.6 Å². The lowest BCUT2D eigenvalue weighted by molar-refractivity contribution is -0.131. The van der Waals surface area contributed by atoms with E-state index in [4.69, 9.17) is 5.10 Å². The van der Waals surface area contributed by atoms with E-state index >= 15 is 0 Å². The van der Waals surface area contributed by atoms with Crippen LogP contribution in [0.3, 0.4) is 0 Å². The number of likely N-dealkylation sites (tertiary alicyclic amines) is 1. The van der Waals surface area contributed by atoms with E-state index in [-0.39, 0.29) is 5.91 Å². The van der Waals surface area contributed by atoms with Crippen LogP contribution in [0.2, 0.25) is 0 Å². The lowest BCUT2D eigenvalue weighted by Gasteiger charge is -2.24. The third kappa shape index (κ3) is 4.59. The van der Waals surface area contributed by atoms with Gasteiger partial charge in [-0.15, -0.1) is 0 Å². The van der Waals surface area contributed by atoms with Gasteiger partial charge in [0, 0.05) is 31.2 Å². The van der Waals surface area contributed by atoms with Crippen molar-refractivity contribution in [3.63, 3.8) is 0 Å². The van der Waals surface area contributed by atoms with Gasteiger partial charge in [-0.3, -0.25) is 9.48 Å². The normalized spacial score (nSPS) is 16.9. The largest absolute Gasteiger partial charge is 0.338 e. The standard InChI is InChI=1S/C22H32N4O/c1-16-7-9-19(10-8-16)15-26-18(3)21(17(2)24-26)11-12-22(27)25-13-5-6-20(25)14-23-4/h7-10,20,23H,5-6,11-15H2,1-4H3. The minimum atomic E-state index is 0.276. The van der Waals surface area contributed by atoms with Crippen molar-refractivity contribution in [2.45, 2.75) is 59.0 Å². The van der Waals surface area contributed by atoms with Crippen molar-refractivity contribution in [3.05, 3.63) is 52.3 Å². The summed E-state index contributed by atoms with van der Waals surface area (Å²) in [4.78, 5) is 14.8. The lowest BCUT2D eigenvalue weighted by Crippen LogP contribution is -2.40. The summed E-state index contributed by atoms with van der Waals surface area (Å²) in [5, 5.41) is 7.94. The molecule has 27 heavy (non-hydrogen) atoms. The van der Waals surface area contributed by atoms with Crippen molar-refractivity contribution in [2.75, 3.05) is 20.1 Å². The quantitative estimate of drug-likeness (QED) is 0.817. The molecule has 1 aromatic carbocycles. The molecule has 1 aromatic heterocycles. The van der Waals surface area contributed by atoms with Gasteiger partial charge in [-0.25, -0.2) is 0 Å². The Hall–Kier alpha value is -2.14. The van der Waals surface area contributed by atoms with Crippen LogP contribution >= 0.6 is 0 Å². The average molecular weight is 369 g/mol. The van der Waals surface area contributed by atoms with Gasteiger partial charge >= 0.3 is 0 Å². The molecular weight excluding hydrogens is 336 g/mol. The van der Waals surface area contributed by atoms with Crippen LogP contribution in [-0.2, 0) is 17.8 Å². The van der Waals surface area contributed by atoms with E-state index in [9.17, 15) is 4.79 Å². The molecule has 5 heteroatoms. The van der Waals surface area contributed by atoms with Gasteiger partial charge in [-0.05, 0) is 58.2 Å². The average Bonchev–Trinajstić information content (AvgIpc) is 3.21. The summed E-state index contributed by atoms with van der Waals surface area (Å²) in [7, 11) is 1.95. The predicted molar refractivity (Wildman–Crippen MR) is 109 cm³/mol. The van der Waals surface area contributed by atoms with Crippen LogP contribution in [0, 0.1) is 20.8 Å². The molecule has 1 N–H and O–H groups in total. The Morgan fingerprint density at radius 2 is 1.96 bits per heavy atom. The zero-order chi connectivity index (χ0) is 19.4. The molecule has 1 unspecified atom stereocenters. The minimum absolute atomic E-state index is 0.276. The van der Waals surface area contributed by atoms with E-state index < -0.39 is 0 Å². The fourth-order valence-electron chi connectivity index (χ4n) is 4.10. The first-order valence-corrected chi connectivity index (χ1v) is 10.0. The number of nitrogens with one attached hydrogen (secondary N) is 1. The van der Waals surface area contributed by atoms with Crippen LogP contribution < -0.4 is 5.32 Å². The molecular formula is C22H32N4O. The zero-order valence-corrected chi connectivity index (χ0v) is 17.1. The molecule has 0 spiro atoms. The number of benzene rings is 1. The molecule has 1 amide bonds. The van der Waals surface area contributed by atoms with E-state index in [1.54, 1.807) is 0 Å². The molecule has 1 fully saturated rings. The van der Waals surface area contributed by atoms with Crippen molar-refractivity contribution in [3.8, 4) is 0 Å². The summed E-state index contributed by atoms with van der Waals surface area (Å²) in [5.74, 6) is 0.276. The second kappa shape index (κ2) is 8.70. The van der Waals surface area contributed by atoms with E-state index in [0.29, 0.717) is 12.5 Å². The van der Waals surface area contributed by atoms with E-state index in [2.05, 4.69) is 59.9 Å². The Bertz CT molecular complexity index is 778. The number of carbonyl (C=O) groups is 1. The molecule has 0 saturated carbocycles. The molecule has 5 nitrogen and oxygen atoms in total. The molecule has 3 rings (SSSR count). The minimum Gasteiger partial charge on any atom is -0.338 e. The van der Waals surface area contributed by atoms with Crippen molar-refractivity contribution in [1.29, 1.82) is 0 Å². The lowest BCUT2D eigenvalue weighted by atomic mass is 10.1. The molecule has 0 radical (unpaired) electrons. The number of hydrogen-bond acceptors (Lipinski definition) is 3. The molecule has 1 aliphatic heterocycles. The van der Waals surface area contributed by atoms with Gasteiger partial charge in [0.05, 0.1) is 12.2 Å². The van der Waals surface area contributed by atoms with E-state index in [1.165, 1.54) is 22.4 Å². The zero-order valence-electron chi connectivity index (χ0n) is 17.1. The molecule has 146 valence electrons. The highest BCUT2D eigenvalue weighted by Crippen LogP contribution is 2.21. The number of aromatic nitrogens is 2. The van der Waals surface area contributed by atoms with Gasteiger partial charge in [0.15, 0.2) is 0 Å². The summed E-state index contributed by atoms with van der Waals surface area (Å²) >= 11 is 0. The molecule has 2 heterocycles. The Balaban J connectivity index is 1.64. The topological polar surface area (TPSA) is 50.2 Å². The van der Waals surface area contributed by atoms with Crippen molar-refractivity contribution in [1.82, 2.24) is 20.0 Å². The summed E-state index contributed by atoms with van der Waals surface area (Å²) < 4.78 is 2.07. The van der Waals surface area contributed by atoms with Crippen LogP contribution in [0.1, 0.15) is 47.3 Å². The Morgan fingerprint density at radius 1 is 1.22 bits per heavy atom. The van der Waals surface area contributed by atoms with Gasteiger partial charge in [-0.2, -0.15) is 5.10 Å². The predicted octanol–water partition coefficient (Wildman–Crippen LogP) is 3.00. The number of aryl methyl sites for hydroxylation is 2. The van der Waals surface area contributed by atoms with Crippen LogP contribution in [0.4, 0.5) is 0 Å². The molecule has 0 bridgehead atoms. The van der Waals surface area contributed by atoms with Crippen LogP contribution in [0.15, 0.2) is 24.3 Å². The fraction of sp³-hybridized carbons (Fsp3) is 0.545. The van der Waals surface area contributed by atoms with Crippen LogP contribution in [0.5, 0.6) is 0 Å². The maximum absolute atomic E-state index is 12.7. The summed E-state index contributed by atoms with van der Waals surface area (Å²) in [6.45, 7) is 8.83. The summed E-state index contributed by atoms with van der Waals surface area (Å²) in [6.07, 6.45) is 3.56. The first-order valence-electron chi connectivity index (χ1n) is 10.0. The van der Waals surface area contributed by atoms with Crippen molar-refractivity contribution in [2.24, 2.45) is 0 Å². The van der Waals surface area contributed by atoms with Gasteiger partial charge in [-0.1, -0.05) is 29.8 Å². The third-order valence-electron chi connectivity index (χ3n) is 5.71. The molecule has 1 saturated heterocycles.